The van der Waals surface area contributed by atoms with Crippen LogP contribution in [0.1, 0.15) is 52.9 Å². The number of hydrogen-bond acceptors (Lipinski definition) is 2. The molecule has 0 bridgehead atoms. The van der Waals surface area contributed by atoms with E-state index in [1.807, 2.05) is 0 Å². The van der Waals surface area contributed by atoms with Crippen LogP contribution in [-0.4, -0.2) is 24.8 Å². The minimum Gasteiger partial charge on any atom is -0.378 e. The van der Waals surface area contributed by atoms with Gasteiger partial charge in [0.1, 0.15) is 0 Å². The van der Waals surface area contributed by atoms with Gasteiger partial charge in [-0.3, -0.25) is 0 Å². The zero-order valence-electron chi connectivity index (χ0n) is 10.4. The largest absolute Gasteiger partial charge is 0.378 e. The minimum atomic E-state index is 0.256. The molecule has 1 aliphatic carbocycles. The molecule has 0 aromatic rings. The fraction of sp³-hybridized carbons (Fsp3) is 1.00. The third-order valence-corrected chi connectivity index (χ3v) is 3.64. The van der Waals surface area contributed by atoms with Crippen molar-refractivity contribution in [2.24, 2.45) is 5.41 Å². The van der Waals surface area contributed by atoms with Gasteiger partial charge in [-0.1, -0.05) is 0 Å². The second-order valence-electron chi connectivity index (χ2n) is 6.44. The number of rotatable bonds is 4. The maximum absolute atomic E-state index is 5.73. The quantitative estimate of drug-likeness (QED) is 0.772. The first kappa shape index (κ1) is 11.4. The normalized spacial score (nSPS) is 29.4. The lowest BCUT2D eigenvalue weighted by Gasteiger charge is -2.26. The first-order valence-electron chi connectivity index (χ1n) is 6.36. The Balaban J connectivity index is 1.75. The van der Waals surface area contributed by atoms with Crippen LogP contribution in [0, 0.1) is 5.41 Å². The predicted octanol–water partition coefficient (Wildman–Crippen LogP) is 2.72. The molecule has 0 aromatic carbocycles. The first-order chi connectivity index (χ1) is 6.99. The van der Waals surface area contributed by atoms with Gasteiger partial charge in [-0.15, -0.1) is 0 Å². The summed E-state index contributed by atoms with van der Waals surface area (Å²) >= 11 is 0. The fourth-order valence-corrected chi connectivity index (χ4v) is 2.37. The van der Waals surface area contributed by atoms with Crippen molar-refractivity contribution in [3.8, 4) is 0 Å². The van der Waals surface area contributed by atoms with E-state index in [1.54, 1.807) is 0 Å². The van der Waals surface area contributed by atoms with E-state index in [1.165, 1.54) is 38.6 Å². The Kier molecular flexibility index (Phi) is 3.09. The molecule has 15 heavy (non-hydrogen) atoms. The second-order valence-corrected chi connectivity index (χ2v) is 6.44. The summed E-state index contributed by atoms with van der Waals surface area (Å²) in [6, 6.07) is 0. The van der Waals surface area contributed by atoms with Crippen LogP contribution in [0.5, 0.6) is 0 Å². The van der Waals surface area contributed by atoms with Crippen molar-refractivity contribution in [3.05, 3.63) is 0 Å². The SMILES string of the molecule is CC(C)(C)NCC1(CC2CCCO2)CC1. The summed E-state index contributed by atoms with van der Waals surface area (Å²) in [5, 5.41) is 3.64. The summed E-state index contributed by atoms with van der Waals surface area (Å²) < 4.78 is 5.73. The molecule has 2 heteroatoms. The Morgan fingerprint density at radius 1 is 1.33 bits per heavy atom. The van der Waals surface area contributed by atoms with Gasteiger partial charge >= 0.3 is 0 Å². The van der Waals surface area contributed by atoms with Gasteiger partial charge in [0.2, 0.25) is 0 Å². The molecule has 0 aromatic heterocycles. The van der Waals surface area contributed by atoms with E-state index in [2.05, 4.69) is 26.1 Å². The van der Waals surface area contributed by atoms with Crippen molar-refractivity contribution >= 4 is 0 Å². The number of hydrogen-bond donors (Lipinski definition) is 1. The van der Waals surface area contributed by atoms with Gasteiger partial charge in [0, 0.05) is 18.7 Å². The van der Waals surface area contributed by atoms with Gasteiger partial charge in [0.05, 0.1) is 6.10 Å². The number of nitrogens with one attached hydrogen (secondary N) is 1. The molecule has 0 radical (unpaired) electrons. The molecule has 0 amide bonds. The number of ether oxygens (including phenoxy) is 1. The van der Waals surface area contributed by atoms with Crippen molar-refractivity contribution in [1.29, 1.82) is 0 Å². The van der Waals surface area contributed by atoms with E-state index < -0.39 is 0 Å². The fourth-order valence-electron chi connectivity index (χ4n) is 2.37. The Morgan fingerprint density at radius 2 is 2.07 bits per heavy atom. The Bertz CT molecular complexity index is 209. The molecule has 1 atom stereocenters. The highest BCUT2D eigenvalue weighted by Gasteiger charge is 2.44. The van der Waals surface area contributed by atoms with Crippen LogP contribution in [0.3, 0.4) is 0 Å². The van der Waals surface area contributed by atoms with Crippen molar-refractivity contribution in [3.63, 3.8) is 0 Å². The molecular weight excluding hydrogens is 186 g/mol. The average Bonchev–Trinajstić information content (AvgIpc) is 2.69. The Hall–Kier alpha value is -0.0800. The zero-order chi connectivity index (χ0) is 10.9. The van der Waals surface area contributed by atoms with E-state index in [4.69, 9.17) is 4.74 Å². The summed E-state index contributed by atoms with van der Waals surface area (Å²) in [5.41, 5.74) is 0.842. The van der Waals surface area contributed by atoms with Gasteiger partial charge in [-0.05, 0) is 58.3 Å². The molecule has 1 N–H and O–H groups in total. The van der Waals surface area contributed by atoms with E-state index in [9.17, 15) is 0 Å². The van der Waals surface area contributed by atoms with Crippen LogP contribution in [-0.2, 0) is 4.74 Å². The topological polar surface area (TPSA) is 21.3 Å². The predicted molar refractivity (Wildman–Crippen MR) is 63.0 cm³/mol. The summed E-state index contributed by atoms with van der Waals surface area (Å²) in [4.78, 5) is 0. The Labute approximate surface area is 93.8 Å². The van der Waals surface area contributed by atoms with Gasteiger partial charge < -0.3 is 10.1 Å². The molecule has 1 aliphatic heterocycles. The standard InChI is InChI=1S/C13H25NO/c1-12(2,3)14-10-13(6-7-13)9-11-5-4-8-15-11/h11,14H,4-10H2,1-3H3. The molecule has 2 aliphatic rings. The molecular formula is C13H25NO. The van der Waals surface area contributed by atoms with E-state index in [0.29, 0.717) is 11.5 Å². The zero-order valence-corrected chi connectivity index (χ0v) is 10.4. The van der Waals surface area contributed by atoms with E-state index >= 15 is 0 Å². The summed E-state index contributed by atoms with van der Waals surface area (Å²) in [6.45, 7) is 8.91. The van der Waals surface area contributed by atoms with Crippen LogP contribution in [0.2, 0.25) is 0 Å². The van der Waals surface area contributed by atoms with Crippen molar-refractivity contribution in [2.45, 2.75) is 64.5 Å². The summed E-state index contributed by atoms with van der Waals surface area (Å²) in [6.07, 6.45) is 7.21. The van der Waals surface area contributed by atoms with Crippen LogP contribution in [0.25, 0.3) is 0 Å². The smallest absolute Gasteiger partial charge is 0.0581 e. The highest BCUT2D eigenvalue weighted by molar-refractivity contribution is 4.98. The summed E-state index contributed by atoms with van der Waals surface area (Å²) in [7, 11) is 0. The van der Waals surface area contributed by atoms with Gasteiger partial charge in [0.15, 0.2) is 0 Å². The molecule has 88 valence electrons. The highest BCUT2D eigenvalue weighted by atomic mass is 16.5. The van der Waals surface area contributed by atoms with E-state index in [-0.39, 0.29) is 5.54 Å². The molecule has 2 nitrogen and oxygen atoms in total. The third kappa shape index (κ3) is 3.46. The highest BCUT2D eigenvalue weighted by Crippen LogP contribution is 2.50. The minimum absolute atomic E-state index is 0.256. The lowest BCUT2D eigenvalue weighted by atomic mass is 9.95. The molecule has 2 rings (SSSR count). The monoisotopic (exact) mass is 211 g/mol. The first-order valence-corrected chi connectivity index (χ1v) is 6.36. The molecule has 1 saturated carbocycles. The summed E-state index contributed by atoms with van der Waals surface area (Å²) in [5.74, 6) is 0. The lowest BCUT2D eigenvalue weighted by Crippen LogP contribution is -2.40. The second kappa shape index (κ2) is 4.06. The lowest BCUT2D eigenvalue weighted by molar-refractivity contribution is 0.0839. The molecule has 0 spiro atoms. The maximum Gasteiger partial charge on any atom is 0.0581 e. The Morgan fingerprint density at radius 3 is 2.53 bits per heavy atom. The van der Waals surface area contributed by atoms with Crippen LogP contribution < -0.4 is 5.32 Å². The van der Waals surface area contributed by atoms with Gasteiger partial charge in [-0.2, -0.15) is 0 Å². The maximum atomic E-state index is 5.73. The van der Waals surface area contributed by atoms with Crippen molar-refractivity contribution in [2.75, 3.05) is 13.2 Å². The molecule has 1 saturated heterocycles. The van der Waals surface area contributed by atoms with Crippen LogP contribution in [0.4, 0.5) is 0 Å². The van der Waals surface area contributed by atoms with Gasteiger partial charge in [-0.25, -0.2) is 0 Å². The third-order valence-electron chi connectivity index (χ3n) is 3.64. The van der Waals surface area contributed by atoms with Gasteiger partial charge in [0.25, 0.3) is 0 Å². The molecule has 2 fully saturated rings. The van der Waals surface area contributed by atoms with E-state index in [0.717, 1.165) is 6.61 Å². The molecule has 1 unspecified atom stereocenters. The van der Waals surface area contributed by atoms with Crippen LogP contribution in [0.15, 0.2) is 0 Å². The molecule has 1 heterocycles. The average molecular weight is 211 g/mol. The van der Waals surface area contributed by atoms with Crippen molar-refractivity contribution < 1.29 is 4.74 Å². The van der Waals surface area contributed by atoms with Crippen LogP contribution >= 0.6 is 0 Å². The van der Waals surface area contributed by atoms with Crippen molar-refractivity contribution in [1.82, 2.24) is 5.32 Å².